The van der Waals surface area contributed by atoms with Crippen LogP contribution in [-0.2, 0) is 12.8 Å². The maximum Gasteiger partial charge on any atom is 0.261 e. The molecule has 25 heavy (non-hydrogen) atoms. The van der Waals surface area contributed by atoms with Gasteiger partial charge in [-0.3, -0.25) is 9.59 Å². The fourth-order valence-electron chi connectivity index (χ4n) is 3.15. The minimum Gasteiger partial charge on any atom is -0.494 e. The predicted octanol–water partition coefficient (Wildman–Crippen LogP) is 2.89. The van der Waals surface area contributed by atoms with Gasteiger partial charge in [0.05, 0.1) is 13.2 Å². The van der Waals surface area contributed by atoms with E-state index in [-0.39, 0.29) is 16.9 Å². The Bertz CT molecular complexity index is 860. The molecule has 0 fully saturated rings. The number of carbonyl (C=O) groups is 1. The van der Waals surface area contributed by atoms with Crippen molar-refractivity contribution in [2.75, 3.05) is 7.11 Å². The predicted molar refractivity (Wildman–Crippen MR) is 92.5 cm³/mol. The number of ether oxygens (including phenoxy) is 1. The Balaban J connectivity index is 1.80. The van der Waals surface area contributed by atoms with Crippen LogP contribution in [0.25, 0.3) is 0 Å². The van der Waals surface area contributed by atoms with E-state index in [9.17, 15) is 14.0 Å². The summed E-state index contributed by atoms with van der Waals surface area (Å²) in [5, 5.41) is 2.76. The van der Waals surface area contributed by atoms with E-state index in [1.54, 1.807) is 19.1 Å². The number of methoxy groups -OCH3 is 1. The second-order valence-corrected chi connectivity index (χ2v) is 6.31. The highest BCUT2D eigenvalue weighted by Gasteiger charge is 2.19. The highest BCUT2D eigenvalue weighted by atomic mass is 19.1. The monoisotopic (exact) mass is 344 g/mol. The van der Waals surface area contributed by atoms with E-state index in [2.05, 4.69) is 10.3 Å². The molecule has 0 spiro atoms. The first-order valence-electron chi connectivity index (χ1n) is 8.39. The highest BCUT2D eigenvalue weighted by Crippen LogP contribution is 2.22. The summed E-state index contributed by atoms with van der Waals surface area (Å²) in [5.74, 6) is -0.806. The summed E-state index contributed by atoms with van der Waals surface area (Å²) in [6.07, 6.45) is 3.82. The number of aromatic amines is 1. The number of pyridine rings is 1. The number of hydrogen-bond donors (Lipinski definition) is 2. The molecule has 6 heteroatoms. The molecule has 5 nitrogen and oxygen atoms in total. The summed E-state index contributed by atoms with van der Waals surface area (Å²) in [6.45, 7) is 1.74. The number of hydrogen-bond acceptors (Lipinski definition) is 3. The number of rotatable bonds is 4. The molecule has 1 aromatic heterocycles. The lowest BCUT2D eigenvalue weighted by Crippen LogP contribution is -2.32. The van der Waals surface area contributed by atoms with Gasteiger partial charge >= 0.3 is 0 Å². The molecule has 0 aliphatic heterocycles. The first-order chi connectivity index (χ1) is 12.0. The summed E-state index contributed by atoms with van der Waals surface area (Å²) >= 11 is 0. The molecule has 1 amide bonds. The molecule has 2 N–H and O–H groups in total. The third kappa shape index (κ3) is 3.57. The summed E-state index contributed by atoms with van der Waals surface area (Å²) in [4.78, 5) is 27.5. The number of fused-ring (bicyclic) bond motifs is 1. The molecule has 1 unspecified atom stereocenters. The van der Waals surface area contributed by atoms with Crippen molar-refractivity contribution in [2.45, 2.75) is 38.6 Å². The normalized spacial score (nSPS) is 14.5. The maximum absolute atomic E-state index is 13.8. The number of aryl methyl sites for hydroxylation is 2. The SMILES string of the molecule is COc1ccc(C(C)NC(=O)c2cc3c([nH]c2=O)CCCC3)cc1F. The Labute approximate surface area is 145 Å². The van der Waals surface area contributed by atoms with Crippen molar-refractivity contribution in [1.82, 2.24) is 10.3 Å². The molecule has 1 aromatic carbocycles. The van der Waals surface area contributed by atoms with Crippen LogP contribution in [0.5, 0.6) is 5.75 Å². The lowest BCUT2D eigenvalue weighted by atomic mass is 9.95. The van der Waals surface area contributed by atoms with Crippen LogP contribution in [0, 0.1) is 5.82 Å². The summed E-state index contributed by atoms with van der Waals surface area (Å²) in [5.41, 5.74) is 2.27. The van der Waals surface area contributed by atoms with E-state index in [4.69, 9.17) is 4.74 Å². The van der Waals surface area contributed by atoms with E-state index in [0.29, 0.717) is 5.56 Å². The Morgan fingerprint density at radius 3 is 2.76 bits per heavy atom. The average molecular weight is 344 g/mol. The zero-order valence-electron chi connectivity index (χ0n) is 14.3. The molecule has 0 saturated carbocycles. The van der Waals surface area contributed by atoms with Crippen molar-refractivity contribution in [3.05, 3.63) is 62.8 Å². The van der Waals surface area contributed by atoms with Crippen molar-refractivity contribution in [1.29, 1.82) is 0 Å². The zero-order valence-corrected chi connectivity index (χ0v) is 14.3. The topological polar surface area (TPSA) is 71.2 Å². The number of aromatic nitrogens is 1. The van der Waals surface area contributed by atoms with Gasteiger partial charge in [-0.2, -0.15) is 0 Å². The van der Waals surface area contributed by atoms with Gasteiger partial charge in [0.2, 0.25) is 0 Å². The van der Waals surface area contributed by atoms with E-state index in [1.807, 2.05) is 0 Å². The van der Waals surface area contributed by atoms with Crippen molar-refractivity contribution in [3.8, 4) is 5.75 Å². The van der Waals surface area contributed by atoms with Crippen molar-refractivity contribution in [3.63, 3.8) is 0 Å². The van der Waals surface area contributed by atoms with Crippen LogP contribution in [0.4, 0.5) is 4.39 Å². The molecule has 1 aliphatic rings. The second kappa shape index (κ2) is 7.09. The van der Waals surface area contributed by atoms with Crippen LogP contribution in [0.1, 0.15) is 53.0 Å². The van der Waals surface area contributed by atoms with Gasteiger partial charge in [0.25, 0.3) is 11.5 Å². The highest BCUT2D eigenvalue weighted by molar-refractivity contribution is 5.94. The second-order valence-electron chi connectivity index (χ2n) is 6.31. The van der Waals surface area contributed by atoms with Crippen LogP contribution in [-0.4, -0.2) is 18.0 Å². The van der Waals surface area contributed by atoms with Gasteiger partial charge in [0, 0.05) is 5.69 Å². The number of carbonyl (C=O) groups excluding carboxylic acids is 1. The smallest absolute Gasteiger partial charge is 0.261 e. The minimum absolute atomic E-state index is 0.0986. The Hall–Kier alpha value is -2.63. The van der Waals surface area contributed by atoms with Crippen molar-refractivity contribution >= 4 is 5.91 Å². The van der Waals surface area contributed by atoms with Crippen LogP contribution >= 0.6 is 0 Å². The summed E-state index contributed by atoms with van der Waals surface area (Å²) in [6, 6.07) is 5.76. The summed E-state index contributed by atoms with van der Waals surface area (Å²) < 4.78 is 18.7. The Morgan fingerprint density at radius 1 is 1.28 bits per heavy atom. The number of nitrogens with one attached hydrogen (secondary N) is 2. The van der Waals surface area contributed by atoms with Gasteiger partial charge in [-0.25, -0.2) is 4.39 Å². The molecule has 0 saturated heterocycles. The van der Waals surface area contributed by atoms with Gasteiger partial charge in [-0.05, 0) is 61.9 Å². The fourth-order valence-corrected chi connectivity index (χ4v) is 3.15. The lowest BCUT2D eigenvalue weighted by molar-refractivity contribution is 0.0938. The zero-order chi connectivity index (χ0) is 18.0. The fraction of sp³-hybridized carbons (Fsp3) is 0.368. The molecular weight excluding hydrogens is 323 g/mol. The third-order valence-electron chi connectivity index (χ3n) is 4.61. The largest absolute Gasteiger partial charge is 0.494 e. The van der Waals surface area contributed by atoms with Crippen LogP contribution < -0.4 is 15.6 Å². The molecule has 1 aliphatic carbocycles. The molecule has 2 aromatic rings. The van der Waals surface area contributed by atoms with E-state index >= 15 is 0 Å². The van der Waals surface area contributed by atoms with E-state index in [0.717, 1.165) is 36.9 Å². The Kier molecular flexibility index (Phi) is 4.88. The molecule has 1 heterocycles. The molecule has 0 bridgehead atoms. The molecule has 1 atom stereocenters. The number of benzene rings is 1. The maximum atomic E-state index is 13.8. The Morgan fingerprint density at radius 2 is 2.04 bits per heavy atom. The molecule has 3 rings (SSSR count). The van der Waals surface area contributed by atoms with Crippen LogP contribution in [0.15, 0.2) is 29.1 Å². The van der Waals surface area contributed by atoms with E-state index in [1.165, 1.54) is 19.2 Å². The van der Waals surface area contributed by atoms with Gasteiger partial charge in [0.1, 0.15) is 5.56 Å². The number of amides is 1. The molecule has 0 radical (unpaired) electrons. The van der Waals surface area contributed by atoms with Crippen LogP contribution in [0.3, 0.4) is 0 Å². The lowest BCUT2D eigenvalue weighted by Gasteiger charge is -2.18. The first-order valence-corrected chi connectivity index (χ1v) is 8.39. The average Bonchev–Trinajstić information content (AvgIpc) is 2.60. The van der Waals surface area contributed by atoms with Crippen molar-refractivity contribution < 1.29 is 13.9 Å². The van der Waals surface area contributed by atoms with Crippen molar-refractivity contribution in [2.24, 2.45) is 0 Å². The number of H-pyrrole nitrogens is 1. The minimum atomic E-state index is -0.493. The molecule has 132 valence electrons. The molecular formula is C19H21FN2O3. The van der Waals surface area contributed by atoms with Gasteiger partial charge < -0.3 is 15.0 Å². The standard InChI is InChI=1S/C19H21FN2O3/c1-11(12-7-8-17(25-2)15(20)10-12)21-18(23)14-9-13-5-3-4-6-16(13)22-19(14)24/h7-11H,3-6H2,1-2H3,(H,21,23)(H,22,24). The van der Waals surface area contributed by atoms with Gasteiger partial charge in [-0.15, -0.1) is 0 Å². The quantitative estimate of drug-likeness (QED) is 0.896. The third-order valence-corrected chi connectivity index (χ3v) is 4.61. The number of halogens is 1. The van der Waals surface area contributed by atoms with Gasteiger partial charge in [0.15, 0.2) is 11.6 Å². The summed E-state index contributed by atoms with van der Waals surface area (Å²) in [7, 11) is 1.39. The van der Waals surface area contributed by atoms with E-state index < -0.39 is 17.8 Å². The first kappa shape index (κ1) is 17.2. The van der Waals surface area contributed by atoms with Gasteiger partial charge in [-0.1, -0.05) is 6.07 Å². The van der Waals surface area contributed by atoms with Crippen LogP contribution in [0.2, 0.25) is 0 Å².